The Hall–Kier alpha value is -2.02. The highest BCUT2D eigenvalue weighted by Crippen LogP contribution is 2.33. The van der Waals surface area contributed by atoms with E-state index in [-0.39, 0.29) is 10.0 Å². The molecule has 0 saturated heterocycles. The monoisotopic (exact) mass is 370 g/mol. The molecule has 118 valence electrons. The van der Waals surface area contributed by atoms with Crippen LogP contribution in [-0.4, -0.2) is 16.0 Å². The Morgan fingerprint density at radius 3 is 2.57 bits per heavy atom. The first-order chi connectivity index (χ1) is 11.0. The molecule has 0 unspecified atom stereocenters. The van der Waals surface area contributed by atoms with Crippen molar-refractivity contribution in [3.63, 3.8) is 0 Å². The number of hydrogen-bond acceptors (Lipinski definition) is 5. The molecule has 2 heterocycles. The zero-order chi connectivity index (χ0) is 16.6. The topological polar surface area (TPSA) is 80.0 Å². The molecule has 3 rings (SSSR count). The number of fused-ring (bicyclic) bond motifs is 1. The highest BCUT2D eigenvalue weighted by atomic mass is 35.5. The van der Waals surface area contributed by atoms with E-state index >= 15 is 0 Å². The summed E-state index contributed by atoms with van der Waals surface area (Å²) in [6.45, 7) is 1.76. The summed E-state index contributed by atoms with van der Waals surface area (Å²) in [7, 11) is 0. The van der Waals surface area contributed by atoms with E-state index in [0.717, 1.165) is 0 Å². The van der Waals surface area contributed by atoms with Gasteiger partial charge in [0.2, 0.25) is 0 Å². The summed E-state index contributed by atoms with van der Waals surface area (Å²) < 4.78 is 5.00. The third kappa shape index (κ3) is 3.19. The Bertz CT molecular complexity index is 887. The summed E-state index contributed by atoms with van der Waals surface area (Å²) in [5.74, 6) is -0.415. The Morgan fingerprint density at radius 1 is 1.17 bits per heavy atom. The minimum atomic E-state index is -0.415. The van der Waals surface area contributed by atoms with Gasteiger partial charge >= 0.3 is 0 Å². The highest BCUT2D eigenvalue weighted by molar-refractivity contribution is 6.41. The van der Waals surface area contributed by atoms with Gasteiger partial charge in [0.05, 0.1) is 32.4 Å². The molecule has 0 aliphatic rings. The second kappa shape index (κ2) is 6.23. The quantitative estimate of drug-likeness (QED) is 0.673. The van der Waals surface area contributed by atoms with E-state index in [1.165, 1.54) is 18.3 Å². The van der Waals surface area contributed by atoms with Gasteiger partial charge in [-0.05, 0) is 25.1 Å². The van der Waals surface area contributed by atoms with Crippen molar-refractivity contribution in [2.45, 2.75) is 6.92 Å². The lowest BCUT2D eigenvalue weighted by atomic mass is 10.2. The van der Waals surface area contributed by atoms with E-state index in [2.05, 4.69) is 21.0 Å². The van der Waals surface area contributed by atoms with Crippen LogP contribution < -0.4 is 10.9 Å². The van der Waals surface area contributed by atoms with Crippen LogP contribution in [0.4, 0.5) is 5.69 Å². The maximum atomic E-state index is 12.2. The fraction of sp³-hybridized carbons (Fsp3) is 0.0714. The van der Waals surface area contributed by atoms with Crippen LogP contribution >= 0.6 is 34.8 Å². The van der Waals surface area contributed by atoms with Crippen LogP contribution in [0.2, 0.25) is 15.1 Å². The van der Waals surface area contributed by atoms with Crippen molar-refractivity contribution in [1.82, 2.24) is 15.6 Å². The van der Waals surface area contributed by atoms with Gasteiger partial charge in [-0.2, -0.15) is 0 Å². The van der Waals surface area contributed by atoms with Gasteiger partial charge in [-0.1, -0.05) is 40.0 Å². The smallest absolute Gasteiger partial charge is 0.271 e. The van der Waals surface area contributed by atoms with Gasteiger partial charge in [0.25, 0.3) is 11.6 Å². The molecular weight excluding hydrogens is 363 g/mol. The van der Waals surface area contributed by atoms with Crippen LogP contribution in [0.15, 0.2) is 28.9 Å². The van der Waals surface area contributed by atoms with Gasteiger partial charge in [0.1, 0.15) is 0 Å². The zero-order valence-electron chi connectivity index (χ0n) is 11.7. The molecule has 0 bridgehead atoms. The number of halogens is 3. The summed E-state index contributed by atoms with van der Waals surface area (Å²) >= 11 is 17.9. The minimum absolute atomic E-state index is 0.284. The van der Waals surface area contributed by atoms with E-state index in [0.29, 0.717) is 33.1 Å². The molecule has 9 heteroatoms. The Kier molecular flexibility index (Phi) is 4.30. The summed E-state index contributed by atoms with van der Waals surface area (Å²) in [4.78, 5) is 16.2. The van der Waals surface area contributed by atoms with Gasteiger partial charge in [0, 0.05) is 11.2 Å². The molecule has 0 radical (unpaired) electrons. The number of aryl methyl sites for hydroxylation is 1. The van der Waals surface area contributed by atoms with Gasteiger partial charge in [-0.3, -0.25) is 15.6 Å². The third-order valence-electron chi connectivity index (χ3n) is 3.08. The number of nitrogens with one attached hydrogen (secondary N) is 2. The second-order valence-corrected chi connectivity index (χ2v) is 5.92. The van der Waals surface area contributed by atoms with Crippen LogP contribution in [0.3, 0.4) is 0 Å². The second-order valence-electron chi connectivity index (χ2n) is 4.67. The number of anilines is 1. The Morgan fingerprint density at radius 2 is 1.87 bits per heavy atom. The number of benzene rings is 1. The number of rotatable bonds is 3. The number of nitrogens with zero attached hydrogens (tertiary/aromatic N) is 2. The first kappa shape index (κ1) is 15.9. The first-order valence-corrected chi connectivity index (χ1v) is 7.52. The molecule has 0 atom stereocenters. The number of aromatic nitrogens is 2. The molecule has 1 amide bonds. The molecule has 0 aliphatic carbocycles. The summed E-state index contributed by atoms with van der Waals surface area (Å²) in [5.41, 5.74) is 6.88. The zero-order valence-corrected chi connectivity index (χ0v) is 13.9. The van der Waals surface area contributed by atoms with Crippen LogP contribution in [-0.2, 0) is 0 Å². The average Bonchev–Trinajstić information content (AvgIpc) is 2.87. The number of hydrogen-bond donors (Lipinski definition) is 2. The fourth-order valence-electron chi connectivity index (χ4n) is 1.92. The van der Waals surface area contributed by atoms with Gasteiger partial charge in [-0.25, -0.2) is 4.98 Å². The molecule has 2 N–H and O–H groups in total. The van der Waals surface area contributed by atoms with E-state index in [1.54, 1.807) is 13.0 Å². The normalized spacial score (nSPS) is 10.8. The standard InChI is InChI=1S/C14H9Cl3N4O2/c1-6-9-2-7(5-18-14(9)23-21-6)13(22)20-19-12-10(16)3-8(15)4-11(12)17/h2-5,19H,1H3,(H,20,22). The molecule has 0 aliphatic heterocycles. The highest BCUT2D eigenvalue weighted by Gasteiger charge is 2.13. The van der Waals surface area contributed by atoms with Gasteiger partial charge < -0.3 is 4.52 Å². The molecule has 2 aromatic heterocycles. The average molecular weight is 372 g/mol. The van der Waals surface area contributed by atoms with Crippen molar-refractivity contribution >= 4 is 57.5 Å². The van der Waals surface area contributed by atoms with E-state index in [9.17, 15) is 4.79 Å². The maximum Gasteiger partial charge on any atom is 0.271 e. The Labute approximate surface area is 145 Å². The minimum Gasteiger partial charge on any atom is -0.336 e. The van der Waals surface area contributed by atoms with Crippen LogP contribution in [0.5, 0.6) is 0 Å². The van der Waals surface area contributed by atoms with Gasteiger partial charge in [0.15, 0.2) is 0 Å². The van der Waals surface area contributed by atoms with Crippen molar-refractivity contribution in [1.29, 1.82) is 0 Å². The number of carbonyl (C=O) groups is 1. The lowest BCUT2D eigenvalue weighted by Crippen LogP contribution is -2.29. The van der Waals surface area contributed by atoms with Crippen LogP contribution in [0.1, 0.15) is 16.1 Å². The molecule has 3 aromatic rings. The summed E-state index contributed by atoms with van der Waals surface area (Å²) in [6.07, 6.45) is 1.38. The number of pyridine rings is 1. The van der Waals surface area contributed by atoms with Crippen molar-refractivity contribution in [3.05, 3.63) is 50.7 Å². The Balaban J connectivity index is 1.80. The molecule has 0 fully saturated rings. The van der Waals surface area contributed by atoms with E-state index in [4.69, 9.17) is 39.3 Å². The van der Waals surface area contributed by atoms with Crippen molar-refractivity contribution in [2.24, 2.45) is 0 Å². The van der Waals surface area contributed by atoms with Crippen molar-refractivity contribution in [2.75, 3.05) is 5.43 Å². The number of carbonyl (C=O) groups excluding carboxylic acids is 1. The molecule has 0 saturated carbocycles. The molecule has 0 spiro atoms. The first-order valence-electron chi connectivity index (χ1n) is 6.38. The lowest BCUT2D eigenvalue weighted by Gasteiger charge is -2.12. The van der Waals surface area contributed by atoms with E-state index < -0.39 is 5.91 Å². The van der Waals surface area contributed by atoms with Crippen LogP contribution in [0.25, 0.3) is 11.1 Å². The van der Waals surface area contributed by atoms with Crippen molar-refractivity contribution in [3.8, 4) is 0 Å². The SMILES string of the molecule is Cc1noc2ncc(C(=O)NNc3c(Cl)cc(Cl)cc3Cl)cc12. The molecule has 23 heavy (non-hydrogen) atoms. The van der Waals surface area contributed by atoms with E-state index in [1.807, 2.05) is 0 Å². The summed E-state index contributed by atoms with van der Waals surface area (Å²) in [5, 5.41) is 5.42. The predicted octanol–water partition coefficient (Wildman–Crippen LogP) is 4.25. The molecular formula is C14H9Cl3N4O2. The van der Waals surface area contributed by atoms with Gasteiger partial charge in [-0.15, -0.1) is 0 Å². The predicted molar refractivity (Wildman–Crippen MR) is 89.1 cm³/mol. The van der Waals surface area contributed by atoms with Crippen molar-refractivity contribution < 1.29 is 9.32 Å². The molecule has 6 nitrogen and oxygen atoms in total. The lowest BCUT2D eigenvalue weighted by molar-refractivity contribution is 0.0962. The summed E-state index contributed by atoms with van der Waals surface area (Å²) in [6, 6.07) is 4.66. The number of amides is 1. The molecule has 1 aromatic carbocycles. The number of hydrazine groups is 1. The fourth-order valence-corrected chi connectivity index (χ4v) is 2.83. The largest absolute Gasteiger partial charge is 0.336 e. The third-order valence-corrected chi connectivity index (χ3v) is 3.89. The maximum absolute atomic E-state index is 12.2. The van der Waals surface area contributed by atoms with Crippen LogP contribution in [0, 0.1) is 6.92 Å².